The summed E-state index contributed by atoms with van der Waals surface area (Å²) in [5, 5.41) is 3.32. The zero-order chi connectivity index (χ0) is 8.27. The number of methoxy groups -OCH3 is 1. The molecule has 0 unspecified atom stereocenters. The molecule has 1 aliphatic heterocycles. The van der Waals surface area contributed by atoms with Crippen molar-refractivity contribution in [2.24, 2.45) is 0 Å². The van der Waals surface area contributed by atoms with Crippen LogP contribution in [-0.4, -0.2) is 25.2 Å². The lowest BCUT2D eigenvalue weighted by atomic mass is 10.1. The molecule has 11 heavy (non-hydrogen) atoms. The number of carbonyl (C=O) groups is 1. The molecule has 64 valence electrons. The van der Waals surface area contributed by atoms with Crippen LogP contribution in [0.2, 0.25) is 0 Å². The molecule has 3 nitrogen and oxygen atoms in total. The molecule has 0 radical (unpaired) electrons. The third-order valence-corrected chi connectivity index (χ3v) is 2.11. The summed E-state index contributed by atoms with van der Waals surface area (Å²) in [6, 6.07) is 0.905. The van der Waals surface area contributed by atoms with Gasteiger partial charge in [-0.2, -0.15) is 0 Å². The van der Waals surface area contributed by atoms with Crippen molar-refractivity contribution in [3.8, 4) is 0 Å². The summed E-state index contributed by atoms with van der Waals surface area (Å²) >= 11 is 0. The smallest absolute Gasteiger partial charge is 0.307 e. The standard InChI is InChI=1S/C8H15NO2/c1-6-3-4-7(9-6)5-8(10)11-2/h6-7,9H,3-5H2,1-2H3/t6-,7+/m1/s1. The molecule has 0 amide bonds. The maximum absolute atomic E-state index is 10.8. The average molecular weight is 157 g/mol. The molecule has 0 aromatic carbocycles. The van der Waals surface area contributed by atoms with Gasteiger partial charge < -0.3 is 10.1 Å². The third-order valence-electron chi connectivity index (χ3n) is 2.11. The van der Waals surface area contributed by atoms with E-state index in [1.165, 1.54) is 13.5 Å². The lowest BCUT2D eigenvalue weighted by molar-refractivity contribution is -0.141. The monoisotopic (exact) mass is 157 g/mol. The van der Waals surface area contributed by atoms with Gasteiger partial charge in [-0.15, -0.1) is 0 Å². The first-order valence-corrected chi connectivity index (χ1v) is 4.05. The number of hydrogen-bond donors (Lipinski definition) is 1. The molecule has 2 atom stereocenters. The molecule has 0 aromatic heterocycles. The molecule has 1 fully saturated rings. The van der Waals surface area contributed by atoms with Crippen LogP contribution >= 0.6 is 0 Å². The zero-order valence-corrected chi connectivity index (χ0v) is 7.09. The second kappa shape index (κ2) is 3.72. The Bertz CT molecular complexity index is 147. The molecular weight excluding hydrogens is 142 g/mol. The van der Waals surface area contributed by atoms with Gasteiger partial charge in [0, 0.05) is 12.1 Å². The fraction of sp³-hybridized carbons (Fsp3) is 0.875. The predicted molar refractivity (Wildman–Crippen MR) is 42.3 cm³/mol. The minimum atomic E-state index is -0.114. The van der Waals surface area contributed by atoms with Crippen molar-refractivity contribution in [3.05, 3.63) is 0 Å². The molecule has 1 heterocycles. The first-order chi connectivity index (χ1) is 5.22. The van der Waals surface area contributed by atoms with Gasteiger partial charge in [0.1, 0.15) is 0 Å². The van der Waals surface area contributed by atoms with Gasteiger partial charge in [-0.3, -0.25) is 4.79 Å². The second-order valence-corrected chi connectivity index (χ2v) is 3.12. The predicted octanol–water partition coefficient (Wildman–Crippen LogP) is 0.690. The van der Waals surface area contributed by atoms with E-state index in [9.17, 15) is 4.79 Å². The Hall–Kier alpha value is -0.570. The Balaban J connectivity index is 2.23. The van der Waals surface area contributed by atoms with E-state index in [2.05, 4.69) is 17.0 Å². The second-order valence-electron chi connectivity index (χ2n) is 3.12. The van der Waals surface area contributed by atoms with Gasteiger partial charge in [-0.05, 0) is 19.8 Å². The third kappa shape index (κ3) is 2.50. The number of hydrogen-bond acceptors (Lipinski definition) is 3. The van der Waals surface area contributed by atoms with Crippen molar-refractivity contribution in [3.63, 3.8) is 0 Å². The van der Waals surface area contributed by atoms with E-state index in [-0.39, 0.29) is 5.97 Å². The molecular formula is C8H15NO2. The fourth-order valence-electron chi connectivity index (χ4n) is 1.47. The molecule has 1 N–H and O–H groups in total. The average Bonchev–Trinajstić information content (AvgIpc) is 2.35. The highest BCUT2D eigenvalue weighted by atomic mass is 16.5. The largest absolute Gasteiger partial charge is 0.469 e. The van der Waals surface area contributed by atoms with Gasteiger partial charge in [0.05, 0.1) is 13.5 Å². The number of rotatable bonds is 2. The van der Waals surface area contributed by atoms with Crippen LogP contribution < -0.4 is 5.32 Å². The van der Waals surface area contributed by atoms with Gasteiger partial charge in [-0.1, -0.05) is 0 Å². The van der Waals surface area contributed by atoms with Crippen molar-refractivity contribution in [2.75, 3.05) is 7.11 Å². The van der Waals surface area contributed by atoms with E-state index in [4.69, 9.17) is 0 Å². The highest BCUT2D eigenvalue weighted by Crippen LogP contribution is 2.14. The number of nitrogens with one attached hydrogen (secondary N) is 1. The van der Waals surface area contributed by atoms with Crippen LogP contribution in [0.4, 0.5) is 0 Å². The Morgan fingerprint density at radius 1 is 1.64 bits per heavy atom. The van der Waals surface area contributed by atoms with Crippen molar-refractivity contribution in [1.82, 2.24) is 5.32 Å². The topological polar surface area (TPSA) is 38.3 Å². The molecule has 1 aliphatic rings. The van der Waals surface area contributed by atoms with Gasteiger partial charge in [0.25, 0.3) is 0 Å². The molecule has 0 saturated carbocycles. The SMILES string of the molecule is COC(=O)C[C@@H]1CC[C@@H](C)N1. The van der Waals surface area contributed by atoms with Crippen molar-refractivity contribution >= 4 is 5.97 Å². The van der Waals surface area contributed by atoms with E-state index < -0.39 is 0 Å². The van der Waals surface area contributed by atoms with E-state index in [1.54, 1.807) is 0 Å². The summed E-state index contributed by atoms with van der Waals surface area (Å²) in [6.45, 7) is 2.14. The Kier molecular flexibility index (Phi) is 2.88. The minimum absolute atomic E-state index is 0.114. The van der Waals surface area contributed by atoms with E-state index in [1.807, 2.05) is 0 Å². The number of carbonyl (C=O) groups excluding carboxylic acids is 1. The van der Waals surface area contributed by atoms with Crippen LogP contribution in [0.3, 0.4) is 0 Å². The van der Waals surface area contributed by atoms with Gasteiger partial charge in [0.2, 0.25) is 0 Å². The maximum Gasteiger partial charge on any atom is 0.307 e. The zero-order valence-electron chi connectivity index (χ0n) is 7.09. The first-order valence-electron chi connectivity index (χ1n) is 4.05. The normalized spacial score (nSPS) is 30.4. The molecule has 0 spiro atoms. The Labute approximate surface area is 67.1 Å². The van der Waals surface area contributed by atoms with Crippen LogP contribution in [0.5, 0.6) is 0 Å². The van der Waals surface area contributed by atoms with Crippen LogP contribution in [0.1, 0.15) is 26.2 Å². The first kappa shape index (κ1) is 8.53. The van der Waals surface area contributed by atoms with Crippen LogP contribution in [0, 0.1) is 0 Å². The number of ether oxygens (including phenoxy) is 1. The summed E-state index contributed by atoms with van der Waals surface area (Å²) in [5.74, 6) is -0.114. The van der Waals surface area contributed by atoms with Crippen LogP contribution in [0.25, 0.3) is 0 Å². The minimum Gasteiger partial charge on any atom is -0.469 e. The number of esters is 1. The van der Waals surface area contributed by atoms with Crippen molar-refractivity contribution < 1.29 is 9.53 Å². The Morgan fingerprint density at radius 2 is 2.36 bits per heavy atom. The lowest BCUT2D eigenvalue weighted by Gasteiger charge is -2.08. The van der Waals surface area contributed by atoms with Gasteiger partial charge >= 0.3 is 5.97 Å². The summed E-state index contributed by atoms with van der Waals surface area (Å²) in [7, 11) is 1.43. The van der Waals surface area contributed by atoms with Crippen molar-refractivity contribution in [2.45, 2.75) is 38.3 Å². The molecule has 0 bridgehead atoms. The van der Waals surface area contributed by atoms with E-state index in [0.29, 0.717) is 18.5 Å². The summed E-state index contributed by atoms with van der Waals surface area (Å²) < 4.78 is 4.57. The molecule has 0 aliphatic carbocycles. The molecule has 3 heteroatoms. The highest BCUT2D eigenvalue weighted by Gasteiger charge is 2.22. The van der Waals surface area contributed by atoms with Crippen LogP contribution in [0.15, 0.2) is 0 Å². The quantitative estimate of drug-likeness (QED) is 0.599. The summed E-state index contributed by atoms with van der Waals surface area (Å²) in [4.78, 5) is 10.8. The molecule has 1 rings (SSSR count). The van der Waals surface area contributed by atoms with E-state index >= 15 is 0 Å². The lowest BCUT2D eigenvalue weighted by Crippen LogP contribution is -2.29. The maximum atomic E-state index is 10.8. The molecule has 0 aromatic rings. The summed E-state index contributed by atoms with van der Waals surface area (Å²) in [5.41, 5.74) is 0. The van der Waals surface area contributed by atoms with Crippen LogP contribution in [-0.2, 0) is 9.53 Å². The van der Waals surface area contributed by atoms with E-state index in [0.717, 1.165) is 6.42 Å². The fourth-order valence-corrected chi connectivity index (χ4v) is 1.47. The van der Waals surface area contributed by atoms with Gasteiger partial charge in [-0.25, -0.2) is 0 Å². The molecule has 1 saturated heterocycles. The van der Waals surface area contributed by atoms with Gasteiger partial charge in [0.15, 0.2) is 0 Å². The van der Waals surface area contributed by atoms with Crippen molar-refractivity contribution in [1.29, 1.82) is 0 Å². The highest BCUT2D eigenvalue weighted by molar-refractivity contribution is 5.69. The Morgan fingerprint density at radius 3 is 2.82 bits per heavy atom. The summed E-state index contributed by atoms with van der Waals surface area (Å²) in [6.07, 6.45) is 2.78.